The Kier molecular flexibility index (Phi) is 5.92. The van der Waals surface area contributed by atoms with E-state index in [1.165, 1.54) is 6.07 Å². The van der Waals surface area contributed by atoms with Gasteiger partial charge in [0.15, 0.2) is 0 Å². The van der Waals surface area contributed by atoms with Crippen molar-refractivity contribution in [3.8, 4) is 5.75 Å². The molecule has 6 nitrogen and oxygen atoms in total. The number of rotatable bonds is 6. The molecule has 0 aromatic heterocycles. The molecule has 0 fully saturated rings. The molecule has 2 rings (SSSR count). The van der Waals surface area contributed by atoms with E-state index in [0.29, 0.717) is 17.7 Å². The van der Waals surface area contributed by atoms with Gasteiger partial charge in [-0.25, -0.2) is 0 Å². The number of aryl methyl sites for hydroxylation is 2. The average Bonchev–Trinajstić information content (AvgIpc) is 2.54. The highest BCUT2D eigenvalue weighted by molar-refractivity contribution is 9.10. The van der Waals surface area contributed by atoms with Crippen LogP contribution in [0, 0.1) is 17.0 Å². The fourth-order valence-corrected chi connectivity index (χ4v) is 2.82. The maximum absolute atomic E-state index is 12.0. The smallest absolute Gasteiger partial charge is 0.274 e. The lowest BCUT2D eigenvalue weighted by Crippen LogP contribution is -2.12. The lowest BCUT2D eigenvalue weighted by molar-refractivity contribution is -0.385. The Morgan fingerprint density at radius 1 is 1.29 bits per heavy atom. The number of amides is 1. The molecular weight excluding hydrogens is 376 g/mol. The molecule has 2 aromatic carbocycles. The Hall–Kier alpha value is -2.41. The van der Waals surface area contributed by atoms with Gasteiger partial charge in [0, 0.05) is 23.7 Å². The van der Waals surface area contributed by atoms with Crippen LogP contribution in [0.1, 0.15) is 17.5 Å². The van der Waals surface area contributed by atoms with Crippen LogP contribution < -0.4 is 10.1 Å². The fraction of sp³-hybridized carbons (Fsp3) is 0.235. The van der Waals surface area contributed by atoms with Gasteiger partial charge in [0.05, 0.1) is 16.5 Å². The molecule has 126 valence electrons. The summed E-state index contributed by atoms with van der Waals surface area (Å²) in [5, 5.41) is 13.6. The molecule has 2 aromatic rings. The van der Waals surface area contributed by atoms with Crippen LogP contribution in [0.15, 0.2) is 40.9 Å². The quantitative estimate of drug-likeness (QED) is 0.588. The number of hydrogen-bond acceptors (Lipinski definition) is 4. The summed E-state index contributed by atoms with van der Waals surface area (Å²) in [6.45, 7) is 1.66. The molecule has 0 unspecified atom stereocenters. The normalized spacial score (nSPS) is 10.3. The van der Waals surface area contributed by atoms with Crippen molar-refractivity contribution in [2.45, 2.75) is 19.8 Å². The lowest BCUT2D eigenvalue weighted by atomic mass is 10.1. The molecule has 0 bridgehead atoms. The van der Waals surface area contributed by atoms with Crippen LogP contribution in [0.25, 0.3) is 0 Å². The van der Waals surface area contributed by atoms with Crippen molar-refractivity contribution in [2.24, 2.45) is 0 Å². The molecule has 0 aliphatic rings. The summed E-state index contributed by atoms with van der Waals surface area (Å²) in [5.41, 5.74) is 1.97. The fourth-order valence-electron chi connectivity index (χ4n) is 2.23. The Labute approximate surface area is 148 Å². The first-order valence-corrected chi connectivity index (χ1v) is 8.07. The first-order chi connectivity index (χ1) is 11.4. The standard InChI is InChI=1S/C17H17BrN2O4/c1-11-3-6-13(10-15(11)20(22)23)19-17(21)8-5-12-4-7-16(24-2)14(18)9-12/h3-4,6-7,9-10H,5,8H2,1-2H3,(H,19,21). The molecule has 0 aliphatic heterocycles. The molecule has 1 amide bonds. The number of carbonyl (C=O) groups excluding carboxylic acids is 1. The third-order valence-corrected chi connectivity index (χ3v) is 4.17. The number of nitrogens with zero attached hydrogens (tertiary/aromatic N) is 1. The highest BCUT2D eigenvalue weighted by atomic mass is 79.9. The van der Waals surface area contributed by atoms with Gasteiger partial charge in [0.2, 0.25) is 5.91 Å². The SMILES string of the molecule is COc1ccc(CCC(=O)Nc2ccc(C)c([N+](=O)[O-])c2)cc1Br. The zero-order chi connectivity index (χ0) is 17.7. The summed E-state index contributed by atoms with van der Waals surface area (Å²) in [6, 6.07) is 10.3. The monoisotopic (exact) mass is 392 g/mol. The topological polar surface area (TPSA) is 81.5 Å². The van der Waals surface area contributed by atoms with Gasteiger partial charge in [-0.1, -0.05) is 12.1 Å². The molecule has 0 saturated carbocycles. The van der Waals surface area contributed by atoms with Gasteiger partial charge in [0.1, 0.15) is 5.75 Å². The second kappa shape index (κ2) is 7.92. The van der Waals surface area contributed by atoms with E-state index in [-0.39, 0.29) is 18.0 Å². The molecular formula is C17H17BrN2O4. The summed E-state index contributed by atoms with van der Waals surface area (Å²) in [4.78, 5) is 22.5. The van der Waals surface area contributed by atoms with E-state index in [9.17, 15) is 14.9 Å². The first-order valence-electron chi connectivity index (χ1n) is 7.28. The van der Waals surface area contributed by atoms with Crippen LogP contribution in [0.5, 0.6) is 5.75 Å². The van der Waals surface area contributed by atoms with Crippen molar-refractivity contribution < 1.29 is 14.5 Å². The van der Waals surface area contributed by atoms with Gasteiger partial charge in [-0.15, -0.1) is 0 Å². The maximum Gasteiger partial charge on any atom is 0.274 e. The maximum atomic E-state index is 12.0. The van der Waals surface area contributed by atoms with Crippen molar-refractivity contribution in [3.63, 3.8) is 0 Å². The largest absolute Gasteiger partial charge is 0.496 e. The Balaban J connectivity index is 1.97. The van der Waals surface area contributed by atoms with Gasteiger partial charge in [-0.3, -0.25) is 14.9 Å². The van der Waals surface area contributed by atoms with Gasteiger partial charge < -0.3 is 10.1 Å². The highest BCUT2D eigenvalue weighted by Gasteiger charge is 2.12. The number of hydrogen-bond donors (Lipinski definition) is 1. The second-order valence-corrected chi connectivity index (χ2v) is 6.13. The van der Waals surface area contributed by atoms with E-state index in [2.05, 4.69) is 21.2 Å². The number of nitro benzene ring substituents is 1. The highest BCUT2D eigenvalue weighted by Crippen LogP contribution is 2.26. The summed E-state index contributed by atoms with van der Waals surface area (Å²) in [7, 11) is 1.59. The number of nitro groups is 1. The molecule has 0 radical (unpaired) electrons. The zero-order valence-electron chi connectivity index (χ0n) is 13.3. The van der Waals surface area contributed by atoms with Gasteiger partial charge >= 0.3 is 0 Å². The molecule has 0 saturated heterocycles. The number of nitrogens with one attached hydrogen (secondary N) is 1. The third kappa shape index (κ3) is 4.55. The van der Waals surface area contributed by atoms with Crippen molar-refractivity contribution >= 4 is 33.2 Å². The third-order valence-electron chi connectivity index (χ3n) is 3.55. The minimum absolute atomic E-state index is 0.00751. The summed E-state index contributed by atoms with van der Waals surface area (Å²) < 4.78 is 5.99. The number of methoxy groups -OCH3 is 1. The van der Waals surface area contributed by atoms with Crippen molar-refractivity contribution in [2.75, 3.05) is 12.4 Å². The van der Waals surface area contributed by atoms with E-state index in [0.717, 1.165) is 15.8 Å². The predicted molar refractivity (Wildman–Crippen MR) is 95.5 cm³/mol. The molecule has 0 aliphatic carbocycles. The summed E-state index contributed by atoms with van der Waals surface area (Å²) in [5.74, 6) is 0.537. The number of carbonyl (C=O) groups is 1. The van der Waals surface area contributed by atoms with Crippen molar-refractivity contribution in [1.29, 1.82) is 0 Å². The molecule has 0 spiro atoms. The number of benzene rings is 2. The Morgan fingerprint density at radius 3 is 2.67 bits per heavy atom. The van der Waals surface area contributed by atoms with E-state index < -0.39 is 4.92 Å². The molecule has 7 heteroatoms. The lowest BCUT2D eigenvalue weighted by Gasteiger charge is -2.08. The van der Waals surface area contributed by atoms with Crippen LogP contribution >= 0.6 is 15.9 Å². The average molecular weight is 393 g/mol. The van der Waals surface area contributed by atoms with Crippen molar-refractivity contribution in [1.82, 2.24) is 0 Å². The number of halogens is 1. The molecule has 24 heavy (non-hydrogen) atoms. The summed E-state index contributed by atoms with van der Waals surface area (Å²) in [6.07, 6.45) is 0.836. The van der Waals surface area contributed by atoms with Gasteiger partial charge in [-0.05, 0) is 53.0 Å². The van der Waals surface area contributed by atoms with E-state index in [1.54, 1.807) is 26.2 Å². The van der Waals surface area contributed by atoms with E-state index in [4.69, 9.17) is 4.74 Å². The number of anilines is 1. The first kappa shape index (κ1) is 17.9. The van der Waals surface area contributed by atoms with E-state index in [1.807, 2.05) is 18.2 Å². The minimum atomic E-state index is -0.458. The zero-order valence-corrected chi connectivity index (χ0v) is 14.9. The predicted octanol–water partition coefficient (Wildman–Crippen LogP) is 4.25. The Morgan fingerprint density at radius 2 is 2.04 bits per heavy atom. The molecule has 0 atom stereocenters. The minimum Gasteiger partial charge on any atom is -0.496 e. The second-order valence-electron chi connectivity index (χ2n) is 5.28. The summed E-state index contributed by atoms with van der Waals surface area (Å²) >= 11 is 3.41. The van der Waals surface area contributed by atoms with E-state index >= 15 is 0 Å². The van der Waals surface area contributed by atoms with Crippen LogP contribution in [-0.4, -0.2) is 17.9 Å². The van der Waals surface area contributed by atoms with Gasteiger partial charge in [0.25, 0.3) is 5.69 Å². The number of ether oxygens (including phenoxy) is 1. The van der Waals surface area contributed by atoms with Gasteiger partial charge in [-0.2, -0.15) is 0 Å². The Bertz CT molecular complexity index is 777. The van der Waals surface area contributed by atoms with Crippen LogP contribution in [0.4, 0.5) is 11.4 Å². The molecule has 1 N–H and O–H groups in total. The van der Waals surface area contributed by atoms with Crippen molar-refractivity contribution in [3.05, 3.63) is 62.1 Å². The van der Waals surface area contributed by atoms with Crippen LogP contribution in [0.3, 0.4) is 0 Å². The van der Waals surface area contributed by atoms with Crippen LogP contribution in [0.2, 0.25) is 0 Å². The van der Waals surface area contributed by atoms with Crippen LogP contribution in [-0.2, 0) is 11.2 Å². The molecule has 0 heterocycles.